The van der Waals surface area contributed by atoms with E-state index in [4.69, 9.17) is 15.0 Å². The van der Waals surface area contributed by atoms with Crippen molar-refractivity contribution >= 4 is 47.5 Å². The van der Waals surface area contributed by atoms with E-state index in [2.05, 4.69) is 25.4 Å². The van der Waals surface area contributed by atoms with Crippen molar-refractivity contribution in [2.45, 2.75) is 38.5 Å². The number of aromatic hydroxyl groups is 1. The average Bonchev–Trinajstić information content (AvgIpc) is 2.91. The first kappa shape index (κ1) is 36.2. The topological polar surface area (TPSA) is 259 Å². The Hall–Kier alpha value is -3.82. The molecule has 2 aliphatic heterocycles. The second-order valence-corrected chi connectivity index (χ2v) is 8.88. The largest absolute Gasteiger partial charge is 0.505 e. The van der Waals surface area contributed by atoms with Crippen molar-refractivity contribution in [1.29, 1.82) is 0 Å². The second kappa shape index (κ2) is 17.0. The molecule has 15 N–H and O–H groups in total. The van der Waals surface area contributed by atoms with E-state index in [1.807, 2.05) is 12.1 Å². The first-order chi connectivity index (χ1) is 17.2. The number of aromatic nitrogens is 4. The van der Waals surface area contributed by atoms with Crippen LogP contribution >= 0.6 is 12.4 Å². The number of rotatable bonds is 6. The highest BCUT2D eigenvalue weighted by molar-refractivity contribution is 6.04. The van der Waals surface area contributed by atoms with Crippen molar-refractivity contribution in [3.05, 3.63) is 48.3 Å². The Kier molecular flexibility index (Phi) is 15.4. The van der Waals surface area contributed by atoms with E-state index in [0.717, 1.165) is 69.4 Å². The molecule has 0 spiro atoms. The minimum absolute atomic E-state index is 0. The summed E-state index contributed by atoms with van der Waals surface area (Å²) in [5, 5.41) is 15.9. The predicted octanol–water partition coefficient (Wildman–Crippen LogP) is 6.00. The summed E-state index contributed by atoms with van der Waals surface area (Å²) >= 11 is 0. The van der Waals surface area contributed by atoms with Crippen molar-refractivity contribution in [2.24, 2.45) is 0 Å². The number of halogens is 1. The fourth-order valence-electron chi connectivity index (χ4n) is 4.41. The van der Waals surface area contributed by atoms with Gasteiger partial charge >= 0.3 is 0 Å². The lowest BCUT2D eigenvalue weighted by atomic mass is 10.1. The lowest BCUT2D eigenvalue weighted by molar-refractivity contribution is 0.101. The van der Waals surface area contributed by atoms with Gasteiger partial charge in [-0.05, 0) is 74.9 Å². The van der Waals surface area contributed by atoms with E-state index < -0.39 is 5.91 Å². The molecular weight excluding hydrogens is 536 g/mol. The van der Waals surface area contributed by atoms with Gasteiger partial charge in [-0.2, -0.15) is 15.0 Å². The van der Waals surface area contributed by atoms with Crippen LogP contribution in [0, 0.1) is 0 Å². The van der Waals surface area contributed by atoms with Crippen LogP contribution in [0.3, 0.4) is 0 Å². The number of amides is 1. The number of hydrogen-bond donors (Lipinski definition) is 7. The zero-order valence-corrected chi connectivity index (χ0v) is 23.7. The summed E-state index contributed by atoms with van der Waals surface area (Å²) in [5.41, 5.74) is 1.36. The van der Waals surface area contributed by atoms with Gasteiger partial charge < -0.3 is 50.1 Å². The van der Waals surface area contributed by atoms with Crippen LogP contribution in [0.1, 0.15) is 54.7 Å². The molecule has 2 saturated heterocycles. The van der Waals surface area contributed by atoms with Crippen LogP contribution in [0.15, 0.2) is 42.6 Å². The van der Waals surface area contributed by atoms with Gasteiger partial charge in [0.25, 0.3) is 5.91 Å². The second-order valence-electron chi connectivity index (χ2n) is 8.88. The molecule has 14 nitrogen and oxygen atoms in total. The van der Waals surface area contributed by atoms with E-state index in [1.54, 1.807) is 18.2 Å². The van der Waals surface area contributed by atoms with E-state index in [9.17, 15) is 9.90 Å². The molecule has 0 atom stereocenters. The lowest BCUT2D eigenvalue weighted by Crippen LogP contribution is -2.34. The van der Waals surface area contributed by atoms with Crippen LogP contribution in [0.5, 0.6) is 5.75 Å². The molecule has 1 amide bonds. The number of carbonyl (C=O) groups is 1. The maximum absolute atomic E-state index is 12.4. The third-order valence-electron chi connectivity index (χ3n) is 6.29. The minimum Gasteiger partial charge on any atom is -0.505 e. The number of hydrogen-bond acceptors (Lipinski definition) is 13. The van der Waals surface area contributed by atoms with Crippen LogP contribution in [0.2, 0.25) is 0 Å². The Morgan fingerprint density at radius 3 is 1.75 bits per heavy atom. The van der Waals surface area contributed by atoms with Gasteiger partial charge in [0, 0.05) is 49.5 Å². The molecular formula is C25H51ClN12O2. The number of carbonyl (C=O) groups excluding carboxylic acids is 1. The van der Waals surface area contributed by atoms with Gasteiger partial charge in [0.05, 0.1) is 0 Å². The molecule has 0 aliphatic carbocycles. The van der Waals surface area contributed by atoms with Gasteiger partial charge in [0.15, 0.2) is 5.69 Å². The molecule has 0 radical (unpaired) electrons. The molecule has 2 aromatic heterocycles. The Morgan fingerprint density at radius 2 is 1.25 bits per heavy atom. The maximum Gasteiger partial charge on any atom is 0.278 e. The molecule has 2 aliphatic rings. The number of benzene rings is 1. The minimum atomic E-state index is -0.473. The van der Waals surface area contributed by atoms with Crippen molar-refractivity contribution in [3.8, 4) is 5.75 Å². The van der Waals surface area contributed by atoms with Gasteiger partial charge in [0.2, 0.25) is 17.8 Å². The molecule has 40 heavy (non-hydrogen) atoms. The number of anilines is 5. The third kappa shape index (κ3) is 8.86. The molecule has 2 fully saturated rings. The molecule has 15 heteroatoms. The summed E-state index contributed by atoms with van der Waals surface area (Å²) in [4.78, 5) is 35.1. The number of nitrogens with zero attached hydrogens (tertiary/aromatic N) is 6. The molecule has 0 saturated carbocycles. The highest BCUT2D eigenvalue weighted by Crippen LogP contribution is 2.25. The lowest BCUT2D eigenvalue weighted by Gasteiger charge is -2.30. The zero-order valence-electron chi connectivity index (χ0n) is 22.9. The van der Waals surface area contributed by atoms with Crippen molar-refractivity contribution in [3.63, 3.8) is 0 Å². The monoisotopic (exact) mass is 586 g/mol. The Labute approximate surface area is 247 Å². The van der Waals surface area contributed by atoms with E-state index in [1.165, 1.54) is 25.1 Å². The Bertz CT molecular complexity index is 1160. The molecule has 5 rings (SSSR count). The average molecular weight is 587 g/mol. The standard InChI is InChI=1S/C25H30N8O2.ClH.4H3N.4H2/c34-20-8-7-13-26-21(20)22(35)27-18-9-11-19(12-10-18)28-23-29-24(32-14-3-1-4-15-32)31-25(30-23)33-16-5-2-6-17-33;;;;;;;;;/h7-13,34H,1-6,14-17H2,(H,27,35)(H,28,29,30,31);1H;4*1H3;4*1H. The first-order valence-electron chi connectivity index (χ1n) is 12.2. The van der Waals surface area contributed by atoms with Crippen LogP contribution in [0.4, 0.5) is 29.2 Å². The molecule has 230 valence electrons. The molecule has 1 aromatic carbocycles. The predicted molar refractivity (Wildman–Crippen MR) is 171 cm³/mol. The van der Waals surface area contributed by atoms with Gasteiger partial charge in [0.1, 0.15) is 5.75 Å². The highest BCUT2D eigenvalue weighted by Gasteiger charge is 2.20. The summed E-state index contributed by atoms with van der Waals surface area (Å²) in [6.07, 6.45) is 8.55. The number of nitrogens with one attached hydrogen (secondary N) is 2. The third-order valence-corrected chi connectivity index (χ3v) is 6.29. The smallest absolute Gasteiger partial charge is 0.278 e. The fraction of sp³-hybridized carbons (Fsp3) is 0.400. The summed E-state index contributed by atoms with van der Waals surface area (Å²) in [6.45, 7) is 3.85. The van der Waals surface area contributed by atoms with Crippen molar-refractivity contribution in [1.82, 2.24) is 44.5 Å². The molecule has 3 aromatic rings. The SMILES string of the molecule is Cl.N.N.N.N.O=C(Nc1ccc(Nc2nc(N3CCCCC3)nc(N3CCCCC3)n2)cc1)c1ncccc1O.[HH].[HH].[HH].[HH]. The number of pyridine rings is 1. The van der Waals surface area contributed by atoms with Crippen LogP contribution in [-0.2, 0) is 0 Å². The normalized spacial score (nSPS) is 14.1. The van der Waals surface area contributed by atoms with Gasteiger partial charge in [-0.3, -0.25) is 4.79 Å². The molecule has 4 heterocycles. The Balaban J connectivity index is -0.000000563. The molecule has 0 bridgehead atoms. The fourth-order valence-corrected chi connectivity index (χ4v) is 4.41. The van der Waals surface area contributed by atoms with Crippen LogP contribution in [-0.4, -0.2) is 57.1 Å². The highest BCUT2D eigenvalue weighted by atomic mass is 35.5. The quantitative estimate of drug-likeness (QED) is 0.175. The van der Waals surface area contributed by atoms with E-state index in [-0.39, 0.29) is 54.2 Å². The van der Waals surface area contributed by atoms with Crippen molar-refractivity contribution in [2.75, 3.05) is 46.6 Å². The van der Waals surface area contributed by atoms with E-state index in [0.29, 0.717) is 11.6 Å². The summed E-state index contributed by atoms with van der Waals surface area (Å²) in [6, 6.07) is 10.2. The maximum atomic E-state index is 12.4. The van der Waals surface area contributed by atoms with Gasteiger partial charge in [-0.1, -0.05) is 0 Å². The van der Waals surface area contributed by atoms with Crippen LogP contribution < -0.4 is 45.0 Å². The van der Waals surface area contributed by atoms with Gasteiger partial charge in [-0.15, -0.1) is 12.4 Å². The number of piperidine rings is 2. The summed E-state index contributed by atoms with van der Waals surface area (Å²) in [7, 11) is 0. The van der Waals surface area contributed by atoms with Crippen LogP contribution in [0.25, 0.3) is 0 Å². The summed E-state index contributed by atoms with van der Waals surface area (Å²) < 4.78 is 0. The van der Waals surface area contributed by atoms with E-state index >= 15 is 0 Å². The summed E-state index contributed by atoms with van der Waals surface area (Å²) in [5.74, 6) is 1.32. The Morgan fingerprint density at radius 1 is 0.750 bits per heavy atom. The molecule has 0 unspecified atom stereocenters. The van der Waals surface area contributed by atoms with Gasteiger partial charge in [-0.25, -0.2) is 4.98 Å². The first-order valence-corrected chi connectivity index (χ1v) is 12.2. The zero-order chi connectivity index (χ0) is 24.0. The van der Waals surface area contributed by atoms with Crippen molar-refractivity contribution < 1.29 is 15.6 Å².